The van der Waals surface area contributed by atoms with Crippen LogP contribution in [0.25, 0.3) is 0 Å². The predicted molar refractivity (Wildman–Crippen MR) is 108 cm³/mol. The van der Waals surface area contributed by atoms with Gasteiger partial charge in [0.05, 0.1) is 19.3 Å². The minimum atomic E-state index is -4.04. The van der Waals surface area contributed by atoms with Gasteiger partial charge in [0.2, 0.25) is 10.0 Å². The average molecular weight is 421 g/mol. The van der Waals surface area contributed by atoms with Crippen molar-refractivity contribution in [1.82, 2.24) is 9.62 Å². The second kappa shape index (κ2) is 9.02. The molecule has 8 heteroatoms. The first kappa shape index (κ1) is 21.4. The van der Waals surface area contributed by atoms with E-state index in [9.17, 15) is 17.6 Å². The minimum absolute atomic E-state index is 0.101. The molecule has 1 atom stereocenters. The van der Waals surface area contributed by atoms with Gasteiger partial charge in [0.1, 0.15) is 10.7 Å². The van der Waals surface area contributed by atoms with Crippen LogP contribution in [0.15, 0.2) is 47.4 Å². The summed E-state index contributed by atoms with van der Waals surface area (Å²) in [6.45, 7) is 4.76. The Morgan fingerprint density at radius 1 is 1.17 bits per heavy atom. The van der Waals surface area contributed by atoms with Crippen molar-refractivity contribution in [3.05, 3.63) is 65.0 Å². The summed E-state index contributed by atoms with van der Waals surface area (Å²) in [6, 6.07) is 11.0. The normalized spacial score (nSPS) is 16.4. The molecule has 0 aromatic heterocycles. The summed E-state index contributed by atoms with van der Waals surface area (Å²) in [4.78, 5) is 12.3. The first-order chi connectivity index (χ1) is 13.8. The molecule has 1 N–H and O–H groups in total. The molecule has 1 heterocycles. The zero-order valence-electron chi connectivity index (χ0n) is 16.5. The molecular weight excluding hydrogens is 395 g/mol. The highest BCUT2D eigenvalue weighted by atomic mass is 32.2. The number of amides is 1. The van der Waals surface area contributed by atoms with E-state index >= 15 is 0 Å². The van der Waals surface area contributed by atoms with E-state index in [-0.39, 0.29) is 37.9 Å². The Labute approximate surface area is 170 Å². The Morgan fingerprint density at radius 2 is 1.83 bits per heavy atom. The lowest BCUT2D eigenvalue weighted by molar-refractivity contribution is 0.0729. The number of morpholine rings is 1. The fourth-order valence-electron chi connectivity index (χ4n) is 3.23. The average Bonchev–Trinajstić information content (AvgIpc) is 2.73. The number of rotatable bonds is 6. The van der Waals surface area contributed by atoms with Crippen molar-refractivity contribution in [3.63, 3.8) is 0 Å². The molecule has 1 saturated heterocycles. The van der Waals surface area contributed by atoms with Crippen LogP contribution < -0.4 is 5.32 Å². The lowest BCUT2D eigenvalue weighted by Gasteiger charge is -2.26. The van der Waals surface area contributed by atoms with Gasteiger partial charge in [-0.25, -0.2) is 12.8 Å². The molecule has 0 bridgehead atoms. The van der Waals surface area contributed by atoms with E-state index in [1.165, 1.54) is 10.4 Å². The monoisotopic (exact) mass is 420 g/mol. The molecule has 2 aromatic rings. The van der Waals surface area contributed by atoms with Gasteiger partial charge in [0, 0.05) is 18.7 Å². The van der Waals surface area contributed by atoms with E-state index < -0.39 is 26.6 Å². The van der Waals surface area contributed by atoms with Gasteiger partial charge in [-0.05, 0) is 37.1 Å². The maximum Gasteiger partial charge on any atom is 0.251 e. The highest BCUT2D eigenvalue weighted by Gasteiger charge is 2.30. The van der Waals surface area contributed by atoms with Gasteiger partial charge >= 0.3 is 0 Å². The van der Waals surface area contributed by atoms with Crippen molar-refractivity contribution in [2.24, 2.45) is 0 Å². The van der Waals surface area contributed by atoms with Crippen LogP contribution in [0.1, 0.15) is 40.9 Å². The molecule has 0 aliphatic carbocycles. The lowest BCUT2D eigenvalue weighted by Crippen LogP contribution is -2.41. The number of aryl methyl sites for hydroxylation is 1. The van der Waals surface area contributed by atoms with Gasteiger partial charge < -0.3 is 10.1 Å². The number of ether oxygens (including phenoxy) is 1. The first-order valence-electron chi connectivity index (χ1n) is 9.58. The molecule has 0 radical (unpaired) electrons. The van der Waals surface area contributed by atoms with E-state index in [0.717, 1.165) is 23.3 Å². The summed E-state index contributed by atoms with van der Waals surface area (Å²) < 4.78 is 46.3. The molecule has 0 unspecified atom stereocenters. The van der Waals surface area contributed by atoms with Crippen molar-refractivity contribution >= 4 is 15.9 Å². The maximum atomic E-state index is 14.3. The van der Waals surface area contributed by atoms with Gasteiger partial charge in [-0.3, -0.25) is 4.79 Å². The third kappa shape index (κ3) is 4.83. The molecule has 0 spiro atoms. The summed E-state index contributed by atoms with van der Waals surface area (Å²) in [5.41, 5.74) is 2.17. The number of benzene rings is 2. The van der Waals surface area contributed by atoms with Crippen LogP contribution in [0.5, 0.6) is 0 Å². The predicted octanol–water partition coefficient (Wildman–Crippen LogP) is 3.04. The second-order valence-corrected chi connectivity index (χ2v) is 8.91. The molecule has 3 rings (SSSR count). The summed E-state index contributed by atoms with van der Waals surface area (Å²) in [6.07, 6.45) is 0.662. The fraction of sp³-hybridized carbons (Fsp3) is 0.381. The quantitative estimate of drug-likeness (QED) is 0.779. The standard InChI is InChI=1S/C21H25FN2O4S/c1-3-19(16-6-4-15(2)5-7-16)23-21(25)17-8-9-18(22)20(14-17)29(26,27)24-10-12-28-13-11-24/h4-9,14,19H,3,10-13H2,1-2H3,(H,23,25)/t19-/m0/s1. The number of halogens is 1. The molecule has 2 aromatic carbocycles. The lowest BCUT2D eigenvalue weighted by atomic mass is 10.0. The zero-order valence-corrected chi connectivity index (χ0v) is 17.3. The molecule has 1 aliphatic heterocycles. The zero-order chi connectivity index (χ0) is 21.0. The largest absolute Gasteiger partial charge is 0.379 e. The molecule has 156 valence electrons. The van der Waals surface area contributed by atoms with Crippen LogP contribution in [0.4, 0.5) is 4.39 Å². The molecule has 29 heavy (non-hydrogen) atoms. The van der Waals surface area contributed by atoms with Gasteiger partial charge in [0.15, 0.2) is 0 Å². The summed E-state index contributed by atoms with van der Waals surface area (Å²) in [5, 5.41) is 2.91. The van der Waals surface area contributed by atoms with Crippen molar-refractivity contribution in [3.8, 4) is 0 Å². The van der Waals surface area contributed by atoms with E-state index in [4.69, 9.17) is 4.74 Å². The Kier molecular flexibility index (Phi) is 6.66. The van der Waals surface area contributed by atoms with Crippen LogP contribution in [0, 0.1) is 12.7 Å². The summed E-state index contributed by atoms with van der Waals surface area (Å²) in [5.74, 6) is -1.32. The number of hydrogen-bond donors (Lipinski definition) is 1. The summed E-state index contributed by atoms with van der Waals surface area (Å²) >= 11 is 0. The smallest absolute Gasteiger partial charge is 0.251 e. The number of carbonyl (C=O) groups is 1. The van der Waals surface area contributed by atoms with Crippen LogP contribution in [0.2, 0.25) is 0 Å². The molecular formula is C21H25FN2O4S. The molecule has 1 aliphatic rings. The topological polar surface area (TPSA) is 75.7 Å². The van der Waals surface area contributed by atoms with E-state index in [1.54, 1.807) is 0 Å². The Bertz CT molecular complexity index is 971. The van der Waals surface area contributed by atoms with Crippen molar-refractivity contribution in [2.75, 3.05) is 26.3 Å². The van der Waals surface area contributed by atoms with Crippen molar-refractivity contribution < 1.29 is 22.3 Å². The Balaban J connectivity index is 1.84. The van der Waals surface area contributed by atoms with Crippen LogP contribution in [-0.4, -0.2) is 44.9 Å². The molecule has 1 fully saturated rings. The molecule has 0 saturated carbocycles. The number of sulfonamides is 1. The number of nitrogens with zero attached hydrogens (tertiary/aromatic N) is 1. The van der Waals surface area contributed by atoms with Gasteiger partial charge in [-0.2, -0.15) is 4.31 Å². The minimum Gasteiger partial charge on any atom is -0.379 e. The third-order valence-electron chi connectivity index (χ3n) is 4.97. The Morgan fingerprint density at radius 3 is 2.45 bits per heavy atom. The van der Waals surface area contributed by atoms with Gasteiger partial charge in [-0.1, -0.05) is 36.8 Å². The fourth-order valence-corrected chi connectivity index (χ4v) is 4.73. The van der Waals surface area contributed by atoms with Crippen molar-refractivity contribution in [2.45, 2.75) is 31.2 Å². The van der Waals surface area contributed by atoms with E-state index in [1.807, 2.05) is 38.1 Å². The molecule has 1 amide bonds. The van der Waals surface area contributed by atoms with Gasteiger partial charge in [-0.15, -0.1) is 0 Å². The van der Waals surface area contributed by atoms with E-state index in [0.29, 0.717) is 6.42 Å². The first-order valence-corrected chi connectivity index (χ1v) is 11.0. The van der Waals surface area contributed by atoms with Gasteiger partial charge in [0.25, 0.3) is 5.91 Å². The number of hydrogen-bond acceptors (Lipinski definition) is 4. The summed E-state index contributed by atoms with van der Waals surface area (Å²) in [7, 11) is -4.04. The highest BCUT2D eigenvalue weighted by molar-refractivity contribution is 7.89. The van der Waals surface area contributed by atoms with Crippen LogP contribution in [0.3, 0.4) is 0 Å². The van der Waals surface area contributed by atoms with Crippen molar-refractivity contribution in [1.29, 1.82) is 0 Å². The number of carbonyl (C=O) groups excluding carboxylic acids is 1. The third-order valence-corrected chi connectivity index (χ3v) is 6.89. The number of nitrogens with one attached hydrogen (secondary N) is 1. The van der Waals surface area contributed by atoms with E-state index in [2.05, 4.69) is 5.32 Å². The van der Waals surface area contributed by atoms with Crippen LogP contribution >= 0.6 is 0 Å². The highest BCUT2D eigenvalue weighted by Crippen LogP contribution is 2.23. The second-order valence-electron chi connectivity index (χ2n) is 7.01. The SMILES string of the molecule is CC[C@H](NC(=O)c1ccc(F)c(S(=O)(=O)N2CCOCC2)c1)c1ccc(C)cc1. The maximum absolute atomic E-state index is 14.3. The Hall–Kier alpha value is -2.29. The molecule has 6 nitrogen and oxygen atoms in total. The van der Waals surface area contributed by atoms with Crippen LogP contribution in [-0.2, 0) is 14.8 Å².